The second kappa shape index (κ2) is 9.68. The molecular formula is C25H29FN4O3S. The third-order valence-corrected chi connectivity index (χ3v) is 8.30. The lowest BCUT2D eigenvalue weighted by molar-refractivity contribution is 0.102. The zero-order valence-electron chi connectivity index (χ0n) is 19.6. The minimum Gasteiger partial charge on any atom is -0.319 e. The van der Waals surface area contributed by atoms with Crippen molar-refractivity contribution in [2.45, 2.75) is 51.5 Å². The molecule has 0 saturated carbocycles. The van der Waals surface area contributed by atoms with Gasteiger partial charge in [-0.1, -0.05) is 24.6 Å². The topological polar surface area (TPSA) is 84.3 Å². The van der Waals surface area contributed by atoms with Crippen molar-refractivity contribution in [1.29, 1.82) is 0 Å². The van der Waals surface area contributed by atoms with Gasteiger partial charge in [0.25, 0.3) is 5.91 Å². The van der Waals surface area contributed by atoms with Gasteiger partial charge >= 0.3 is 0 Å². The molecule has 3 aromatic rings. The number of benzene rings is 2. The van der Waals surface area contributed by atoms with E-state index in [4.69, 9.17) is 0 Å². The van der Waals surface area contributed by atoms with Crippen LogP contribution >= 0.6 is 0 Å². The van der Waals surface area contributed by atoms with E-state index in [0.29, 0.717) is 36.6 Å². The molecule has 1 N–H and O–H groups in total. The second-order valence-corrected chi connectivity index (χ2v) is 10.6. The van der Waals surface area contributed by atoms with E-state index in [2.05, 4.69) is 10.4 Å². The van der Waals surface area contributed by atoms with Crippen molar-refractivity contribution >= 4 is 21.6 Å². The minimum absolute atomic E-state index is 0.129. The zero-order chi connectivity index (χ0) is 24.5. The van der Waals surface area contributed by atoms with Crippen LogP contribution in [0, 0.1) is 26.6 Å². The average molecular weight is 485 g/mol. The van der Waals surface area contributed by atoms with Crippen LogP contribution < -0.4 is 5.32 Å². The van der Waals surface area contributed by atoms with Gasteiger partial charge in [-0.15, -0.1) is 0 Å². The van der Waals surface area contributed by atoms with Gasteiger partial charge in [0.2, 0.25) is 10.0 Å². The number of amides is 1. The van der Waals surface area contributed by atoms with Crippen LogP contribution in [-0.4, -0.2) is 41.5 Å². The third-order valence-electron chi connectivity index (χ3n) is 6.15. The standard InChI is InChI=1S/C25H29FN4O3S/c1-17-7-12-23(22(26)15-17)27-25(31)21-10-8-20(9-11-21)16-30-19(3)24(18(2)28-30)34(32,33)29-13-5-4-6-14-29/h7-12,15H,4-6,13-14,16H2,1-3H3,(H,27,31). The van der Waals surface area contributed by atoms with Crippen molar-refractivity contribution in [3.05, 3.63) is 76.4 Å². The average Bonchev–Trinajstić information content (AvgIpc) is 3.10. The van der Waals surface area contributed by atoms with Crippen LogP contribution in [0.5, 0.6) is 0 Å². The quantitative estimate of drug-likeness (QED) is 0.561. The van der Waals surface area contributed by atoms with Crippen molar-refractivity contribution in [2.75, 3.05) is 18.4 Å². The lowest BCUT2D eigenvalue weighted by Gasteiger charge is -2.26. The number of aryl methyl sites for hydroxylation is 2. The number of piperidine rings is 1. The van der Waals surface area contributed by atoms with Gasteiger partial charge in [-0.2, -0.15) is 9.40 Å². The van der Waals surface area contributed by atoms with Crippen molar-refractivity contribution in [2.24, 2.45) is 0 Å². The first kappa shape index (κ1) is 24.1. The third kappa shape index (κ3) is 4.90. The fourth-order valence-corrected chi connectivity index (χ4v) is 6.18. The molecule has 180 valence electrons. The molecule has 4 rings (SSSR count). The molecule has 0 aliphatic carbocycles. The van der Waals surface area contributed by atoms with Crippen molar-refractivity contribution in [1.82, 2.24) is 14.1 Å². The summed E-state index contributed by atoms with van der Waals surface area (Å²) in [6.45, 7) is 6.73. The summed E-state index contributed by atoms with van der Waals surface area (Å²) in [6, 6.07) is 11.5. The fourth-order valence-electron chi connectivity index (χ4n) is 4.29. The van der Waals surface area contributed by atoms with E-state index in [9.17, 15) is 17.6 Å². The number of carbonyl (C=O) groups is 1. The summed E-state index contributed by atoms with van der Waals surface area (Å²) in [5.41, 5.74) is 3.25. The van der Waals surface area contributed by atoms with Crippen LogP contribution in [0.15, 0.2) is 47.4 Å². The predicted octanol–water partition coefficient (Wildman–Crippen LogP) is 4.42. The molecule has 0 spiro atoms. The molecule has 1 amide bonds. The molecule has 0 radical (unpaired) electrons. The largest absolute Gasteiger partial charge is 0.319 e. The molecule has 7 nitrogen and oxygen atoms in total. The van der Waals surface area contributed by atoms with Crippen LogP contribution in [-0.2, 0) is 16.6 Å². The first-order valence-corrected chi connectivity index (χ1v) is 12.8. The molecule has 0 atom stereocenters. The number of nitrogens with one attached hydrogen (secondary N) is 1. The molecule has 1 saturated heterocycles. The summed E-state index contributed by atoms with van der Waals surface area (Å²) < 4.78 is 43.7. The van der Waals surface area contributed by atoms with Gasteiger partial charge in [-0.3, -0.25) is 9.48 Å². The molecule has 0 bridgehead atoms. The first-order chi connectivity index (χ1) is 16.2. The predicted molar refractivity (Wildman–Crippen MR) is 129 cm³/mol. The number of halogens is 1. The summed E-state index contributed by atoms with van der Waals surface area (Å²) in [5.74, 6) is -0.889. The van der Waals surface area contributed by atoms with Gasteiger partial charge < -0.3 is 5.32 Å². The Kier molecular flexibility index (Phi) is 6.86. The molecule has 1 aromatic heterocycles. The van der Waals surface area contributed by atoms with Gasteiger partial charge in [0.05, 0.1) is 23.6 Å². The van der Waals surface area contributed by atoms with E-state index >= 15 is 0 Å². The Labute approximate surface area is 199 Å². The molecule has 1 aliphatic heterocycles. The summed E-state index contributed by atoms with van der Waals surface area (Å²) in [5, 5.41) is 7.07. The molecule has 1 fully saturated rings. The number of rotatable bonds is 6. The number of sulfonamides is 1. The van der Waals surface area contributed by atoms with Crippen LogP contribution in [0.25, 0.3) is 0 Å². The molecule has 2 aromatic carbocycles. The van der Waals surface area contributed by atoms with E-state index in [1.807, 2.05) is 0 Å². The first-order valence-electron chi connectivity index (χ1n) is 11.4. The maximum atomic E-state index is 14.0. The zero-order valence-corrected chi connectivity index (χ0v) is 20.5. The van der Waals surface area contributed by atoms with Gasteiger partial charge in [0.1, 0.15) is 10.7 Å². The maximum Gasteiger partial charge on any atom is 0.255 e. The van der Waals surface area contributed by atoms with Gasteiger partial charge in [0, 0.05) is 18.7 Å². The van der Waals surface area contributed by atoms with Gasteiger partial charge in [-0.05, 0) is 69.0 Å². The fraction of sp³-hybridized carbons (Fsp3) is 0.360. The number of carbonyl (C=O) groups excluding carboxylic acids is 1. The second-order valence-electron chi connectivity index (χ2n) is 8.76. The van der Waals surface area contributed by atoms with E-state index in [0.717, 1.165) is 30.4 Å². The molecular weight excluding hydrogens is 455 g/mol. The van der Waals surface area contributed by atoms with Crippen LogP contribution in [0.2, 0.25) is 0 Å². The van der Waals surface area contributed by atoms with E-state index < -0.39 is 21.7 Å². The lowest BCUT2D eigenvalue weighted by atomic mass is 10.1. The minimum atomic E-state index is -3.58. The Morgan fingerprint density at radius 3 is 2.35 bits per heavy atom. The van der Waals surface area contributed by atoms with Crippen molar-refractivity contribution in [3.8, 4) is 0 Å². The monoisotopic (exact) mass is 484 g/mol. The van der Waals surface area contributed by atoms with Crippen molar-refractivity contribution in [3.63, 3.8) is 0 Å². The Morgan fingerprint density at radius 1 is 1.03 bits per heavy atom. The summed E-state index contributed by atoms with van der Waals surface area (Å²) in [7, 11) is -3.58. The van der Waals surface area contributed by atoms with Gasteiger partial charge in [0.15, 0.2) is 0 Å². The maximum absolute atomic E-state index is 14.0. The summed E-state index contributed by atoms with van der Waals surface area (Å²) in [4.78, 5) is 12.8. The molecule has 9 heteroatoms. The number of aromatic nitrogens is 2. The Balaban J connectivity index is 1.49. The molecule has 1 aliphatic rings. The van der Waals surface area contributed by atoms with E-state index in [1.54, 1.807) is 60.1 Å². The highest BCUT2D eigenvalue weighted by Crippen LogP contribution is 2.26. The SMILES string of the molecule is Cc1ccc(NC(=O)c2ccc(Cn3nc(C)c(S(=O)(=O)N4CCCCC4)c3C)cc2)c(F)c1. The Morgan fingerprint density at radius 2 is 1.71 bits per heavy atom. The number of anilines is 1. The van der Waals surface area contributed by atoms with Crippen LogP contribution in [0.4, 0.5) is 10.1 Å². The Bertz CT molecular complexity index is 1310. The van der Waals surface area contributed by atoms with Crippen molar-refractivity contribution < 1.29 is 17.6 Å². The molecule has 34 heavy (non-hydrogen) atoms. The lowest BCUT2D eigenvalue weighted by Crippen LogP contribution is -2.36. The highest BCUT2D eigenvalue weighted by Gasteiger charge is 2.31. The highest BCUT2D eigenvalue weighted by molar-refractivity contribution is 7.89. The van der Waals surface area contributed by atoms with Crippen LogP contribution in [0.3, 0.4) is 0 Å². The number of nitrogens with zero attached hydrogens (tertiary/aromatic N) is 3. The Hall–Kier alpha value is -3.04. The van der Waals surface area contributed by atoms with Gasteiger partial charge in [-0.25, -0.2) is 12.8 Å². The van der Waals surface area contributed by atoms with E-state index in [-0.39, 0.29) is 10.6 Å². The molecule has 0 unspecified atom stereocenters. The highest BCUT2D eigenvalue weighted by atomic mass is 32.2. The smallest absolute Gasteiger partial charge is 0.255 e. The van der Waals surface area contributed by atoms with Crippen LogP contribution in [0.1, 0.15) is 52.1 Å². The molecule has 2 heterocycles. The summed E-state index contributed by atoms with van der Waals surface area (Å²) >= 11 is 0. The normalized spacial score (nSPS) is 14.8. The number of hydrogen-bond donors (Lipinski definition) is 1. The van der Waals surface area contributed by atoms with E-state index in [1.165, 1.54) is 12.1 Å². The summed E-state index contributed by atoms with van der Waals surface area (Å²) in [6.07, 6.45) is 2.81. The number of hydrogen-bond acceptors (Lipinski definition) is 4.